The Morgan fingerprint density at radius 2 is 1.38 bits per heavy atom. The molecule has 0 fully saturated rings. The van der Waals surface area contributed by atoms with E-state index in [9.17, 15) is 35.4 Å². The quantitative estimate of drug-likeness (QED) is 0.0642. The third-order valence-corrected chi connectivity index (χ3v) is 6.27. The van der Waals surface area contributed by atoms with Crippen molar-refractivity contribution in [2.24, 2.45) is 0 Å². The van der Waals surface area contributed by atoms with Crippen LogP contribution in [-0.2, 0) is 40.8 Å². The number of benzene rings is 2. The van der Waals surface area contributed by atoms with Gasteiger partial charge in [-0.3, -0.25) is 5.04 Å². The zero-order chi connectivity index (χ0) is 20.2. The van der Waals surface area contributed by atoms with Crippen molar-refractivity contribution in [1.82, 2.24) is 0 Å². The van der Waals surface area contributed by atoms with Crippen molar-refractivity contribution >= 4 is 32.0 Å². The van der Waals surface area contributed by atoms with Crippen molar-refractivity contribution in [2.75, 3.05) is 0 Å². The first-order chi connectivity index (χ1) is 12.5. The molecule has 0 aliphatic rings. The third-order valence-electron chi connectivity index (χ3n) is 3.28. The molecule has 2 aromatic carbocycles. The van der Waals surface area contributed by atoms with Gasteiger partial charge in [0.1, 0.15) is 11.6 Å². The number of hydrogen-bond acceptors (Lipinski definition) is 9. The van der Waals surface area contributed by atoms with Crippen molar-refractivity contribution in [2.45, 2.75) is 21.3 Å². The third kappa shape index (κ3) is 9.20. The Labute approximate surface area is 255 Å². The Morgan fingerprint density at radius 1 is 0.897 bits per heavy atom. The van der Waals surface area contributed by atoms with Gasteiger partial charge in [-0.1, -0.05) is 0 Å². The van der Waals surface area contributed by atoms with E-state index in [0.717, 1.165) is 30.3 Å². The van der Waals surface area contributed by atoms with Gasteiger partial charge in [0.15, 0.2) is 0 Å². The number of sulfone groups is 1. The summed E-state index contributed by atoms with van der Waals surface area (Å²) in [6, 6.07) is 5.13. The van der Waals surface area contributed by atoms with Crippen LogP contribution in [0.4, 0.5) is 8.78 Å². The van der Waals surface area contributed by atoms with Crippen LogP contribution in [0.1, 0.15) is 11.1 Å². The van der Waals surface area contributed by atoms with E-state index in [-0.39, 0.29) is 119 Å². The molecule has 2 rings (SSSR count). The molecular formula is C14H10F2K2O8S3. The molecule has 0 unspecified atom stereocenters. The Balaban J connectivity index is 0.00000392. The molecule has 0 aromatic heterocycles. The fraction of sp³-hybridized carbons (Fsp3) is 0.143. The molecule has 2 aromatic rings. The van der Waals surface area contributed by atoms with Gasteiger partial charge in [0, 0.05) is 23.2 Å². The standard InChI is InChI=1S/C14H12F2O8S3.2K/c15-13-3-1-11(5-9(13)7-25-24-23-17)27(21,22)12-2-4-14(16)10(6-12)8-26(18,19)20;;/h1-6,17H,7-8H2,(H,18,19,20);;/q;2*+1/p-2. The first-order valence-electron chi connectivity index (χ1n) is 6.88. The topological polar surface area (TPSA) is 133 Å². The second-order valence-corrected chi connectivity index (χ2v) is 9.12. The van der Waals surface area contributed by atoms with Crippen molar-refractivity contribution in [1.29, 1.82) is 0 Å². The molecule has 0 aliphatic heterocycles. The van der Waals surface area contributed by atoms with Crippen LogP contribution in [-0.4, -0.2) is 21.4 Å². The average Bonchev–Trinajstić information content (AvgIpc) is 2.57. The normalized spacial score (nSPS) is 11.4. The van der Waals surface area contributed by atoms with Crippen molar-refractivity contribution in [3.63, 3.8) is 0 Å². The fourth-order valence-electron chi connectivity index (χ4n) is 2.09. The number of halogens is 2. The van der Waals surface area contributed by atoms with Gasteiger partial charge in [0.25, 0.3) is 0 Å². The van der Waals surface area contributed by atoms with Crippen molar-refractivity contribution in [3.8, 4) is 0 Å². The first-order valence-corrected chi connectivity index (χ1v) is 10.9. The molecule has 0 spiro atoms. The van der Waals surface area contributed by atoms with Crippen LogP contribution in [0.25, 0.3) is 0 Å². The van der Waals surface area contributed by atoms with E-state index in [1.807, 2.05) is 0 Å². The Kier molecular flexibility index (Phi) is 14.2. The zero-order valence-corrected chi connectivity index (χ0v) is 23.8. The second-order valence-electron chi connectivity index (χ2n) is 5.11. The maximum Gasteiger partial charge on any atom is 1.00 e. The number of rotatable bonds is 8. The Hall–Kier alpha value is 1.66. The molecule has 0 amide bonds. The molecule has 0 atom stereocenters. The van der Waals surface area contributed by atoms with Gasteiger partial charge < -0.3 is 9.81 Å². The minimum absolute atomic E-state index is 0. The van der Waals surface area contributed by atoms with E-state index < -0.39 is 47.8 Å². The summed E-state index contributed by atoms with van der Waals surface area (Å²) in [5, 5.41) is 12.8. The van der Waals surface area contributed by atoms with Crippen LogP contribution in [0.3, 0.4) is 0 Å². The maximum atomic E-state index is 13.8. The van der Waals surface area contributed by atoms with E-state index >= 15 is 0 Å². The molecule has 0 saturated carbocycles. The molecule has 0 saturated heterocycles. The van der Waals surface area contributed by atoms with E-state index in [1.165, 1.54) is 0 Å². The van der Waals surface area contributed by atoms with Crippen LogP contribution in [0.15, 0.2) is 46.2 Å². The molecular weight excluding hydrogens is 509 g/mol. The van der Waals surface area contributed by atoms with Gasteiger partial charge in [-0.25, -0.2) is 25.6 Å². The van der Waals surface area contributed by atoms with Gasteiger partial charge >= 0.3 is 103 Å². The predicted molar refractivity (Wildman–Crippen MR) is 85.1 cm³/mol. The Bertz CT molecular complexity index is 1050. The Morgan fingerprint density at radius 3 is 1.86 bits per heavy atom. The molecule has 148 valence electrons. The van der Waals surface area contributed by atoms with Gasteiger partial charge in [-0.05, 0) is 36.4 Å². The summed E-state index contributed by atoms with van der Waals surface area (Å²) in [7, 11) is -9.12. The maximum absolute atomic E-state index is 13.8. The van der Waals surface area contributed by atoms with E-state index in [4.69, 9.17) is 0 Å². The first kappa shape index (κ1) is 30.7. The molecule has 29 heavy (non-hydrogen) atoms. The van der Waals surface area contributed by atoms with Crippen molar-refractivity contribution < 1.29 is 148 Å². The van der Waals surface area contributed by atoms with Gasteiger partial charge in [-0.2, -0.15) is 4.33 Å². The van der Waals surface area contributed by atoms with Crippen molar-refractivity contribution in [3.05, 3.63) is 59.2 Å². The molecule has 0 radical (unpaired) electrons. The molecule has 0 aliphatic carbocycles. The zero-order valence-electron chi connectivity index (χ0n) is 15.1. The second kappa shape index (κ2) is 13.4. The van der Waals surface area contributed by atoms with E-state index in [2.05, 4.69) is 9.37 Å². The summed E-state index contributed by atoms with van der Waals surface area (Å²) in [5.74, 6) is -3.30. The summed E-state index contributed by atoms with van der Waals surface area (Å²) in [4.78, 5) is -0.850. The summed E-state index contributed by atoms with van der Waals surface area (Å²) in [6.07, 6.45) is 0. The molecule has 0 bridgehead atoms. The van der Waals surface area contributed by atoms with E-state index in [1.54, 1.807) is 0 Å². The molecule has 0 heterocycles. The van der Waals surface area contributed by atoms with Crippen LogP contribution in [0, 0.1) is 11.6 Å². The van der Waals surface area contributed by atoms with Crippen LogP contribution in [0.5, 0.6) is 0 Å². The average molecular weight is 519 g/mol. The molecule has 15 heteroatoms. The summed E-state index contributed by atoms with van der Waals surface area (Å²) < 4.78 is 89.3. The van der Waals surface area contributed by atoms with Crippen LogP contribution in [0.2, 0.25) is 0 Å². The smallest absolute Gasteiger partial charge is 0.748 e. The molecule has 0 N–H and O–H groups in total. The summed E-state index contributed by atoms with van der Waals surface area (Å²) in [5.41, 5.74) is -0.729. The minimum Gasteiger partial charge on any atom is -0.748 e. The van der Waals surface area contributed by atoms with Gasteiger partial charge in [0.05, 0.1) is 31.4 Å². The van der Waals surface area contributed by atoms with Gasteiger partial charge in [0.2, 0.25) is 9.84 Å². The summed E-state index contributed by atoms with van der Waals surface area (Å²) in [6.45, 7) is 0. The summed E-state index contributed by atoms with van der Waals surface area (Å²) >= 11 is 0.426. The predicted octanol–water partition coefficient (Wildman–Crippen LogP) is -4.78. The van der Waals surface area contributed by atoms with Gasteiger partial charge in [-0.15, -0.1) is 0 Å². The minimum atomic E-state index is -4.84. The number of hydrogen-bond donors (Lipinski definition) is 0. The monoisotopic (exact) mass is 518 g/mol. The fourth-order valence-corrected chi connectivity index (χ4v) is 4.49. The SMILES string of the molecule is O=S(=O)([O-])Cc1cc(S(=O)(=O)c2ccc(F)c(CSOO[O-])c2)ccc1F.[K+].[K+]. The largest absolute Gasteiger partial charge is 1.00 e. The van der Waals surface area contributed by atoms with Crippen LogP contribution < -0.4 is 108 Å². The van der Waals surface area contributed by atoms with E-state index in [0.29, 0.717) is 18.1 Å². The molecule has 8 nitrogen and oxygen atoms in total. The van der Waals surface area contributed by atoms with Crippen LogP contribution >= 0.6 is 12.0 Å².